The van der Waals surface area contributed by atoms with E-state index >= 15 is 0 Å². The lowest BCUT2D eigenvalue weighted by Gasteiger charge is -2.36. The fourth-order valence-electron chi connectivity index (χ4n) is 2.77. The lowest BCUT2D eigenvalue weighted by atomic mass is 10.2. The van der Waals surface area contributed by atoms with Crippen molar-refractivity contribution in [3.8, 4) is 0 Å². The summed E-state index contributed by atoms with van der Waals surface area (Å²) in [6.07, 6.45) is 0. The lowest BCUT2D eigenvalue weighted by molar-refractivity contribution is 0.194. The highest BCUT2D eigenvalue weighted by Gasteiger charge is 2.21. The first kappa shape index (κ1) is 17.1. The number of piperazine rings is 1. The summed E-state index contributed by atoms with van der Waals surface area (Å²) in [6, 6.07) is 9.78. The molecule has 0 aliphatic carbocycles. The molecule has 0 spiro atoms. The smallest absolute Gasteiger partial charge is 0.317 e. The molecule has 2 amide bonds. The number of rotatable bonds is 3. The first-order valence-electron chi connectivity index (χ1n) is 8.01. The molecular weight excluding hydrogens is 331 g/mol. The molecule has 0 aromatic heterocycles. The van der Waals surface area contributed by atoms with Crippen molar-refractivity contribution in [3.05, 3.63) is 65.5 Å². The number of nitrogens with zero attached hydrogens (tertiary/aromatic N) is 2. The Bertz CT molecular complexity index is 761. The minimum Gasteiger partial charge on any atom is -0.368 e. The van der Waals surface area contributed by atoms with Crippen LogP contribution in [0.5, 0.6) is 0 Å². The number of benzene rings is 2. The van der Waals surface area contributed by atoms with Crippen LogP contribution in [-0.2, 0) is 6.54 Å². The third-order valence-electron chi connectivity index (χ3n) is 4.22. The number of urea groups is 1. The molecule has 132 valence electrons. The number of hydrogen-bond donors (Lipinski definition) is 1. The monoisotopic (exact) mass is 349 g/mol. The summed E-state index contributed by atoms with van der Waals surface area (Å²) in [4.78, 5) is 15.7. The number of amides is 2. The highest BCUT2D eigenvalue weighted by Crippen LogP contribution is 2.19. The molecule has 0 radical (unpaired) electrons. The van der Waals surface area contributed by atoms with Gasteiger partial charge in [-0.3, -0.25) is 0 Å². The van der Waals surface area contributed by atoms with Crippen LogP contribution in [0.15, 0.2) is 42.5 Å². The first-order chi connectivity index (χ1) is 12.0. The van der Waals surface area contributed by atoms with Crippen LogP contribution in [0.2, 0.25) is 0 Å². The van der Waals surface area contributed by atoms with Gasteiger partial charge in [0, 0.05) is 50.0 Å². The van der Waals surface area contributed by atoms with Gasteiger partial charge >= 0.3 is 6.03 Å². The molecular formula is C18H18F3N3O. The van der Waals surface area contributed by atoms with Crippen LogP contribution in [0.4, 0.5) is 23.7 Å². The van der Waals surface area contributed by atoms with Gasteiger partial charge in [0.2, 0.25) is 0 Å². The Morgan fingerprint density at radius 2 is 1.64 bits per heavy atom. The number of carbonyl (C=O) groups is 1. The van der Waals surface area contributed by atoms with Crippen LogP contribution in [0.1, 0.15) is 5.56 Å². The minimum absolute atomic E-state index is 0.120. The molecule has 1 fully saturated rings. The van der Waals surface area contributed by atoms with Crippen molar-refractivity contribution in [2.24, 2.45) is 0 Å². The number of halogens is 3. The molecule has 1 N–H and O–H groups in total. The lowest BCUT2D eigenvalue weighted by Crippen LogP contribution is -2.51. The molecule has 1 aliphatic rings. The van der Waals surface area contributed by atoms with Gasteiger partial charge < -0.3 is 15.1 Å². The van der Waals surface area contributed by atoms with Gasteiger partial charge in [-0.2, -0.15) is 0 Å². The van der Waals surface area contributed by atoms with Gasteiger partial charge in [-0.1, -0.05) is 18.2 Å². The summed E-state index contributed by atoms with van der Waals surface area (Å²) < 4.78 is 39.9. The van der Waals surface area contributed by atoms with E-state index in [1.807, 2.05) is 4.90 Å². The number of carbonyl (C=O) groups excluding carboxylic acids is 1. The minimum atomic E-state index is -0.887. The van der Waals surface area contributed by atoms with E-state index in [1.54, 1.807) is 23.1 Å². The van der Waals surface area contributed by atoms with E-state index in [0.717, 1.165) is 12.1 Å². The SMILES string of the molecule is O=C(NCc1ccccc1F)N1CCN(c2ccc(F)c(F)c2)CC1. The van der Waals surface area contributed by atoms with Gasteiger partial charge in [0.25, 0.3) is 0 Å². The quantitative estimate of drug-likeness (QED) is 0.924. The predicted molar refractivity (Wildman–Crippen MR) is 88.8 cm³/mol. The van der Waals surface area contributed by atoms with Crippen molar-refractivity contribution < 1.29 is 18.0 Å². The molecule has 7 heteroatoms. The standard InChI is InChI=1S/C18H18F3N3O/c19-15-4-2-1-3-13(15)12-22-18(25)24-9-7-23(8-10-24)14-5-6-16(20)17(21)11-14/h1-6,11H,7-10,12H2,(H,22,25). The zero-order valence-corrected chi connectivity index (χ0v) is 13.5. The number of nitrogens with one attached hydrogen (secondary N) is 1. The van der Waals surface area contributed by atoms with E-state index in [1.165, 1.54) is 12.1 Å². The largest absolute Gasteiger partial charge is 0.368 e. The van der Waals surface area contributed by atoms with Crippen LogP contribution in [0, 0.1) is 17.5 Å². The summed E-state index contributed by atoms with van der Waals surface area (Å²) in [7, 11) is 0. The van der Waals surface area contributed by atoms with Gasteiger partial charge in [0.1, 0.15) is 5.82 Å². The van der Waals surface area contributed by atoms with E-state index in [9.17, 15) is 18.0 Å². The van der Waals surface area contributed by atoms with Crippen molar-refractivity contribution in [2.45, 2.75) is 6.54 Å². The Morgan fingerprint density at radius 3 is 2.32 bits per heavy atom. The normalized spacial score (nSPS) is 14.5. The molecule has 4 nitrogen and oxygen atoms in total. The second-order valence-corrected chi connectivity index (χ2v) is 5.82. The second kappa shape index (κ2) is 7.46. The average Bonchev–Trinajstić information content (AvgIpc) is 2.63. The fraction of sp³-hybridized carbons (Fsp3) is 0.278. The van der Waals surface area contributed by atoms with E-state index in [4.69, 9.17) is 0 Å². The van der Waals surface area contributed by atoms with Crippen molar-refractivity contribution in [1.29, 1.82) is 0 Å². The number of hydrogen-bond acceptors (Lipinski definition) is 2. The molecule has 1 saturated heterocycles. The van der Waals surface area contributed by atoms with Crippen LogP contribution >= 0.6 is 0 Å². The Kier molecular flexibility index (Phi) is 5.11. The molecule has 1 aliphatic heterocycles. The zero-order valence-electron chi connectivity index (χ0n) is 13.5. The van der Waals surface area contributed by atoms with Crippen LogP contribution < -0.4 is 10.2 Å². The molecule has 0 unspecified atom stereocenters. The Balaban J connectivity index is 1.52. The van der Waals surface area contributed by atoms with Crippen molar-refractivity contribution in [1.82, 2.24) is 10.2 Å². The van der Waals surface area contributed by atoms with E-state index in [-0.39, 0.29) is 18.4 Å². The van der Waals surface area contributed by atoms with E-state index in [0.29, 0.717) is 37.4 Å². The van der Waals surface area contributed by atoms with E-state index < -0.39 is 11.6 Å². The maximum Gasteiger partial charge on any atom is 0.317 e. The highest BCUT2D eigenvalue weighted by atomic mass is 19.2. The summed E-state index contributed by atoms with van der Waals surface area (Å²) in [5.74, 6) is -2.12. The Morgan fingerprint density at radius 1 is 0.920 bits per heavy atom. The third-order valence-corrected chi connectivity index (χ3v) is 4.22. The molecule has 25 heavy (non-hydrogen) atoms. The van der Waals surface area contributed by atoms with Crippen molar-refractivity contribution >= 4 is 11.7 Å². The zero-order chi connectivity index (χ0) is 17.8. The molecule has 0 saturated carbocycles. The summed E-state index contributed by atoms with van der Waals surface area (Å²) in [5.41, 5.74) is 1.02. The van der Waals surface area contributed by atoms with Crippen molar-refractivity contribution in [2.75, 3.05) is 31.1 Å². The summed E-state index contributed by atoms with van der Waals surface area (Å²) in [5, 5.41) is 2.70. The van der Waals surface area contributed by atoms with E-state index in [2.05, 4.69) is 5.32 Å². The summed E-state index contributed by atoms with van der Waals surface area (Å²) in [6.45, 7) is 2.04. The molecule has 0 bridgehead atoms. The second-order valence-electron chi connectivity index (χ2n) is 5.82. The van der Waals surface area contributed by atoms with Crippen molar-refractivity contribution in [3.63, 3.8) is 0 Å². The van der Waals surface area contributed by atoms with Gasteiger partial charge in [-0.05, 0) is 18.2 Å². The van der Waals surface area contributed by atoms with Crippen LogP contribution in [-0.4, -0.2) is 37.1 Å². The predicted octanol–water partition coefficient (Wildman–Crippen LogP) is 3.14. The Hall–Kier alpha value is -2.70. The van der Waals surface area contributed by atoms with Gasteiger partial charge in [-0.25, -0.2) is 18.0 Å². The molecule has 0 atom stereocenters. The number of anilines is 1. The Labute approximate surface area is 143 Å². The van der Waals surface area contributed by atoms with Gasteiger partial charge in [0.05, 0.1) is 0 Å². The average molecular weight is 349 g/mol. The fourth-order valence-corrected chi connectivity index (χ4v) is 2.77. The topological polar surface area (TPSA) is 35.6 Å². The van der Waals surface area contributed by atoms with Crippen LogP contribution in [0.3, 0.4) is 0 Å². The first-order valence-corrected chi connectivity index (χ1v) is 8.01. The van der Waals surface area contributed by atoms with Gasteiger partial charge in [0.15, 0.2) is 11.6 Å². The highest BCUT2D eigenvalue weighted by molar-refractivity contribution is 5.74. The summed E-state index contributed by atoms with van der Waals surface area (Å²) >= 11 is 0. The molecule has 2 aromatic carbocycles. The third kappa shape index (κ3) is 4.04. The molecule has 3 rings (SSSR count). The maximum atomic E-state index is 13.6. The van der Waals surface area contributed by atoms with Crippen LogP contribution in [0.25, 0.3) is 0 Å². The van der Waals surface area contributed by atoms with Gasteiger partial charge in [-0.15, -0.1) is 0 Å². The maximum absolute atomic E-state index is 13.6. The molecule has 2 aromatic rings. The molecule has 1 heterocycles.